The van der Waals surface area contributed by atoms with E-state index in [9.17, 15) is 4.39 Å². The minimum Gasteiger partial charge on any atom is -0.459 e. The van der Waals surface area contributed by atoms with Gasteiger partial charge in [-0.2, -0.15) is 0 Å². The molecule has 1 saturated heterocycles. The van der Waals surface area contributed by atoms with Crippen LogP contribution in [0.5, 0.6) is 0 Å². The van der Waals surface area contributed by atoms with E-state index in [0.717, 1.165) is 22.7 Å². The van der Waals surface area contributed by atoms with Crippen molar-refractivity contribution in [2.24, 2.45) is 0 Å². The van der Waals surface area contributed by atoms with Crippen LogP contribution in [0.4, 0.5) is 10.1 Å². The number of hydrogen-bond acceptors (Lipinski definition) is 3. The Kier molecular flexibility index (Phi) is 6.23. The van der Waals surface area contributed by atoms with Gasteiger partial charge in [-0.15, -0.1) is 0 Å². The van der Waals surface area contributed by atoms with Crippen molar-refractivity contribution in [3.8, 4) is 11.3 Å². The zero-order chi connectivity index (χ0) is 23.8. The third kappa shape index (κ3) is 4.26. The largest absolute Gasteiger partial charge is 0.459 e. The van der Waals surface area contributed by atoms with E-state index in [2.05, 4.69) is 69.2 Å². The molecule has 4 aromatic rings. The number of nitrogens with one attached hydrogen (secondary N) is 1. The Morgan fingerprint density at radius 2 is 1.85 bits per heavy atom. The fourth-order valence-corrected chi connectivity index (χ4v) is 5.18. The molecular formula is C27H23BrFN3OS. The molecule has 34 heavy (non-hydrogen) atoms. The topological polar surface area (TPSA) is 41.3 Å². The summed E-state index contributed by atoms with van der Waals surface area (Å²) >= 11 is 9.24. The molecule has 5 rings (SSSR count). The summed E-state index contributed by atoms with van der Waals surface area (Å²) in [5.41, 5.74) is 3.90. The summed E-state index contributed by atoms with van der Waals surface area (Å²) in [6.07, 6.45) is 1.78. The van der Waals surface area contributed by atoms with Gasteiger partial charge in [0.15, 0.2) is 5.11 Å². The SMILES string of the molecule is CC(C)c1ccc(N2C(=S)N[C@@H](c3ccccn3)[C@@H]2c2ccc(-c3ccc(F)cc3Br)o2)cc1. The average Bonchev–Trinajstić information content (AvgIpc) is 3.44. The monoisotopic (exact) mass is 535 g/mol. The van der Waals surface area contributed by atoms with Crippen LogP contribution < -0.4 is 10.2 Å². The van der Waals surface area contributed by atoms with Gasteiger partial charge in [0.1, 0.15) is 23.4 Å². The van der Waals surface area contributed by atoms with Crippen LogP contribution in [0.3, 0.4) is 0 Å². The molecule has 0 radical (unpaired) electrons. The first-order valence-electron chi connectivity index (χ1n) is 11.1. The first-order valence-corrected chi connectivity index (χ1v) is 12.3. The molecule has 0 saturated carbocycles. The highest BCUT2D eigenvalue weighted by Gasteiger charge is 2.42. The Bertz CT molecular complexity index is 1320. The Balaban J connectivity index is 1.58. The molecule has 0 amide bonds. The lowest BCUT2D eigenvalue weighted by molar-refractivity contribution is 0.439. The summed E-state index contributed by atoms with van der Waals surface area (Å²) in [5, 5.41) is 4.06. The molecule has 1 N–H and O–H groups in total. The van der Waals surface area contributed by atoms with Gasteiger partial charge in [0.25, 0.3) is 0 Å². The molecule has 2 aromatic carbocycles. The first-order chi connectivity index (χ1) is 16.4. The van der Waals surface area contributed by atoms with Gasteiger partial charge in [-0.1, -0.05) is 32.0 Å². The predicted molar refractivity (Wildman–Crippen MR) is 140 cm³/mol. The van der Waals surface area contributed by atoms with Gasteiger partial charge >= 0.3 is 0 Å². The molecule has 2 aromatic heterocycles. The average molecular weight is 536 g/mol. The maximum atomic E-state index is 13.6. The second-order valence-corrected chi connectivity index (χ2v) is 9.81. The maximum Gasteiger partial charge on any atom is 0.174 e. The van der Waals surface area contributed by atoms with Gasteiger partial charge in [0.2, 0.25) is 0 Å². The van der Waals surface area contributed by atoms with Crippen LogP contribution in [-0.2, 0) is 0 Å². The second kappa shape index (κ2) is 9.31. The summed E-state index contributed by atoms with van der Waals surface area (Å²) in [6, 6.07) is 22.3. The van der Waals surface area contributed by atoms with E-state index in [-0.39, 0.29) is 17.9 Å². The molecule has 4 nitrogen and oxygen atoms in total. The number of nitrogens with zero attached hydrogens (tertiary/aromatic N) is 2. The Morgan fingerprint density at radius 1 is 1.06 bits per heavy atom. The van der Waals surface area contributed by atoms with Gasteiger partial charge in [-0.3, -0.25) is 4.98 Å². The van der Waals surface area contributed by atoms with Crippen LogP contribution >= 0.6 is 28.1 Å². The van der Waals surface area contributed by atoms with Crippen LogP contribution in [0.15, 0.2) is 87.9 Å². The quantitative estimate of drug-likeness (QED) is 0.267. The summed E-state index contributed by atoms with van der Waals surface area (Å²) in [6.45, 7) is 4.35. The van der Waals surface area contributed by atoms with E-state index in [1.54, 1.807) is 12.3 Å². The van der Waals surface area contributed by atoms with Gasteiger partial charge in [0, 0.05) is 21.9 Å². The molecule has 172 valence electrons. The van der Waals surface area contributed by atoms with Crippen molar-refractivity contribution >= 4 is 38.9 Å². The van der Waals surface area contributed by atoms with Crippen molar-refractivity contribution in [3.05, 3.63) is 106 Å². The minimum atomic E-state index is -0.306. The van der Waals surface area contributed by atoms with Gasteiger partial charge in [-0.25, -0.2) is 4.39 Å². The zero-order valence-electron chi connectivity index (χ0n) is 18.7. The van der Waals surface area contributed by atoms with Crippen molar-refractivity contribution in [3.63, 3.8) is 0 Å². The molecule has 0 aliphatic carbocycles. The Hall–Kier alpha value is -3.03. The molecule has 1 fully saturated rings. The zero-order valence-corrected chi connectivity index (χ0v) is 21.1. The first kappa shape index (κ1) is 22.7. The third-order valence-corrected chi connectivity index (χ3v) is 7.02. The summed E-state index contributed by atoms with van der Waals surface area (Å²) in [5.74, 6) is 1.52. The smallest absolute Gasteiger partial charge is 0.174 e. The van der Waals surface area contributed by atoms with Crippen molar-refractivity contribution < 1.29 is 8.81 Å². The normalized spacial score (nSPS) is 17.9. The number of anilines is 1. The van der Waals surface area contributed by atoms with E-state index < -0.39 is 0 Å². The standard InChI is InChI=1S/C27H23BrFN3OS/c1-16(2)17-6-9-19(10-7-17)32-26(25(31-27(32)34)22-5-3-4-14-30-22)24-13-12-23(33-24)20-11-8-18(29)15-21(20)28/h3-16,25-26H,1-2H3,(H,31,34)/t25-,26-/m0/s1. The highest BCUT2D eigenvalue weighted by molar-refractivity contribution is 9.10. The fraction of sp³-hybridized carbons (Fsp3) is 0.185. The third-order valence-electron chi connectivity index (χ3n) is 6.05. The molecule has 0 unspecified atom stereocenters. The Morgan fingerprint density at radius 3 is 2.53 bits per heavy atom. The lowest BCUT2D eigenvalue weighted by atomic mass is 10.0. The van der Waals surface area contributed by atoms with Crippen molar-refractivity contribution in [1.82, 2.24) is 10.3 Å². The molecule has 0 spiro atoms. The number of hydrogen-bond donors (Lipinski definition) is 1. The number of pyridine rings is 1. The van der Waals surface area contributed by atoms with Crippen LogP contribution in [0.25, 0.3) is 11.3 Å². The van der Waals surface area contributed by atoms with E-state index in [4.69, 9.17) is 16.6 Å². The maximum absolute atomic E-state index is 13.6. The number of aromatic nitrogens is 1. The number of thiocarbonyl (C=S) groups is 1. The lowest BCUT2D eigenvalue weighted by Crippen LogP contribution is -2.29. The molecule has 1 aliphatic heterocycles. The highest BCUT2D eigenvalue weighted by atomic mass is 79.9. The van der Waals surface area contributed by atoms with Gasteiger partial charge in [-0.05, 0) is 94.2 Å². The van der Waals surface area contributed by atoms with Crippen molar-refractivity contribution in [2.75, 3.05) is 4.90 Å². The fourth-order valence-electron chi connectivity index (χ4n) is 4.29. The molecule has 7 heteroatoms. The van der Waals surface area contributed by atoms with Crippen molar-refractivity contribution in [2.45, 2.75) is 31.8 Å². The summed E-state index contributed by atoms with van der Waals surface area (Å²) in [4.78, 5) is 6.67. The van der Waals surface area contributed by atoms with Crippen molar-refractivity contribution in [1.29, 1.82) is 0 Å². The highest BCUT2D eigenvalue weighted by Crippen LogP contribution is 2.43. The van der Waals surface area contributed by atoms with E-state index in [1.165, 1.54) is 17.7 Å². The molecule has 0 bridgehead atoms. The molecule has 1 aliphatic rings. The van der Waals surface area contributed by atoms with Crippen LogP contribution in [0.1, 0.15) is 48.9 Å². The van der Waals surface area contributed by atoms with E-state index in [0.29, 0.717) is 21.3 Å². The van der Waals surface area contributed by atoms with Crippen LogP contribution in [0, 0.1) is 5.82 Å². The predicted octanol–water partition coefficient (Wildman–Crippen LogP) is 7.54. The minimum absolute atomic E-state index is 0.200. The van der Waals surface area contributed by atoms with E-state index >= 15 is 0 Å². The number of benzene rings is 2. The number of rotatable bonds is 5. The van der Waals surface area contributed by atoms with Gasteiger partial charge in [0.05, 0.1) is 11.7 Å². The van der Waals surface area contributed by atoms with E-state index in [1.807, 2.05) is 30.3 Å². The molecular weight excluding hydrogens is 513 g/mol. The molecule has 2 atom stereocenters. The second-order valence-electron chi connectivity index (χ2n) is 8.57. The Labute approximate surface area is 212 Å². The summed E-state index contributed by atoms with van der Waals surface area (Å²) in [7, 11) is 0. The molecule has 3 heterocycles. The lowest BCUT2D eigenvalue weighted by Gasteiger charge is -2.26. The van der Waals surface area contributed by atoms with Crippen LogP contribution in [0.2, 0.25) is 0 Å². The van der Waals surface area contributed by atoms with Crippen LogP contribution in [-0.4, -0.2) is 10.1 Å². The van der Waals surface area contributed by atoms with Gasteiger partial charge < -0.3 is 14.6 Å². The number of halogens is 2. The number of furan rings is 1. The summed E-state index contributed by atoms with van der Waals surface area (Å²) < 4.78 is 20.6.